The van der Waals surface area contributed by atoms with Gasteiger partial charge in [-0.25, -0.2) is 0 Å². The van der Waals surface area contributed by atoms with Crippen LogP contribution in [0.15, 0.2) is 24.3 Å². The van der Waals surface area contributed by atoms with Crippen molar-refractivity contribution in [3.63, 3.8) is 0 Å². The number of hydrogen-bond acceptors (Lipinski definition) is 3. The molecule has 2 rings (SSSR count). The Morgan fingerprint density at radius 1 is 1.37 bits per heavy atom. The van der Waals surface area contributed by atoms with Gasteiger partial charge in [0.25, 0.3) is 0 Å². The van der Waals surface area contributed by atoms with E-state index in [9.17, 15) is 0 Å². The van der Waals surface area contributed by atoms with Gasteiger partial charge >= 0.3 is 0 Å². The quantitative estimate of drug-likeness (QED) is 0.856. The first-order valence-electron chi connectivity index (χ1n) is 7.13. The summed E-state index contributed by atoms with van der Waals surface area (Å²) in [6.07, 6.45) is 1.45. The van der Waals surface area contributed by atoms with Crippen LogP contribution in [0.5, 0.6) is 0 Å². The fourth-order valence-corrected chi connectivity index (χ4v) is 2.92. The lowest BCUT2D eigenvalue weighted by molar-refractivity contribution is -0.133. The summed E-state index contributed by atoms with van der Waals surface area (Å²) in [5.41, 5.74) is 2.69. The molecule has 0 aromatic heterocycles. The Bertz CT molecular complexity index is 407. The second kappa shape index (κ2) is 6.51. The van der Waals surface area contributed by atoms with E-state index in [1.165, 1.54) is 11.1 Å². The van der Waals surface area contributed by atoms with Crippen LogP contribution in [0.4, 0.5) is 0 Å². The lowest BCUT2D eigenvalue weighted by Crippen LogP contribution is -2.60. The van der Waals surface area contributed by atoms with Crippen LogP contribution in [0.1, 0.15) is 37.4 Å². The third kappa shape index (κ3) is 3.16. The molecule has 4 atom stereocenters. The van der Waals surface area contributed by atoms with Crippen molar-refractivity contribution >= 4 is 0 Å². The van der Waals surface area contributed by atoms with Crippen LogP contribution in [0, 0.1) is 6.92 Å². The van der Waals surface area contributed by atoms with Crippen LogP contribution in [0.25, 0.3) is 0 Å². The van der Waals surface area contributed by atoms with Crippen molar-refractivity contribution in [2.45, 2.75) is 51.5 Å². The highest BCUT2D eigenvalue weighted by Crippen LogP contribution is 2.29. The molecule has 1 N–H and O–H groups in total. The molecular weight excluding hydrogens is 238 g/mol. The van der Waals surface area contributed by atoms with Crippen molar-refractivity contribution in [2.24, 2.45) is 0 Å². The first-order valence-corrected chi connectivity index (χ1v) is 7.13. The summed E-state index contributed by atoms with van der Waals surface area (Å²) in [4.78, 5) is 0. The molecule has 4 unspecified atom stereocenters. The third-order valence-corrected chi connectivity index (χ3v) is 4.02. The predicted octanol–water partition coefficient (Wildman–Crippen LogP) is 2.84. The van der Waals surface area contributed by atoms with Gasteiger partial charge in [0, 0.05) is 25.8 Å². The zero-order chi connectivity index (χ0) is 13.8. The van der Waals surface area contributed by atoms with Gasteiger partial charge in [-0.15, -0.1) is 0 Å². The van der Waals surface area contributed by atoms with E-state index in [4.69, 9.17) is 9.47 Å². The molecule has 0 heterocycles. The standard InChI is InChI=1S/C16H25NO2/c1-5-19-15-10-14(16(15)18-4)17-12(3)13-9-7-6-8-11(13)2/h6-9,12,14-17H,5,10H2,1-4H3. The second-order valence-corrected chi connectivity index (χ2v) is 5.28. The summed E-state index contributed by atoms with van der Waals surface area (Å²) >= 11 is 0. The van der Waals surface area contributed by atoms with Crippen LogP contribution in [0.2, 0.25) is 0 Å². The third-order valence-electron chi connectivity index (χ3n) is 4.02. The number of aryl methyl sites for hydroxylation is 1. The molecule has 19 heavy (non-hydrogen) atoms. The van der Waals surface area contributed by atoms with Crippen LogP contribution in [-0.4, -0.2) is 32.0 Å². The summed E-state index contributed by atoms with van der Waals surface area (Å²) in [6, 6.07) is 9.25. The van der Waals surface area contributed by atoms with Crippen molar-refractivity contribution in [1.29, 1.82) is 0 Å². The topological polar surface area (TPSA) is 30.5 Å². The molecule has 1 aromatic carbocycles. The average Bonchev–Trinajstić information content (AvgIpc) is 2.38. The van der Waals surface area contributed by atoms with Crippen LogP contribution in [-0.2, 0) is 9.47 Å². The zero-order valence-electron chi connectivity index (χ0n) is 12.3. The van der Waals surface area contributed by atoms with E-state index < -0.39 is 0 Å². The molecule has 0 aliphatic heterocycles. The maximum Gasteiger partial charge on any atom is 0.0987 e. The molecule has 1 aliphatic carbocycles. The summed E-state index contributed by atoms with van der Waals surface area (Å²) in [5, 5.41) is 3.66. The summed E-state index contributed by atoms with van der Waals surface area (Å²) in [6.45, 7) is 7.15. The van der Waals surface area contributed by atoms with Gasteiger partial charge in [-0.3, -0.25) is 0 Å². The van der Waals surface area contributed by atoms with Crippen LogP contribution < -0.4 is 5.32 Å². The SMILES string of the molecule is CCOC1CC(NC(C)c2ccccc2C)C1OC. The van der Waals surface area contributed by atoms with Gasteiger partial charge in [-0.05, 0) is 38.3 Å². The Hall–Kier alpha value is -0.900. The normalized spacial score (nSPS) is 27.9. The lowest BCUT2D eigenvalue weighted by Gasteiger charge is -2.44. The number of methoxy groups -OCH3 is 1. The Morgan fingerprint density at radius 3 is 2.74 bits per heavy atom. The van der Waals surface area contributed by atoms with Crippen molar-refractivity contribution < 1.29 is 9.47 Å². The molecule has 1 aromatic rings. The first-order chi connectivity index (χ1) is 9.17. The minimum absolute atomic E-state index is 0.173. The number of benzene rings is 1. The number of hydrogen-bond donors (Lipinski definition) is 1. The Labute approximate surface area is 116 Å². The Kier molecular flexibility index (Phi) is 4.97. The van der Waals surface area contributed by atoms with Gasteiger partial charge in [0.05, 0.1) is 12.2 Å². The van der Waals surface area contributed by atoms with Crippen LogP contribution in [0.3, 0.4) is 0 Å². The Balaban J connectivity index is 1.93. The predicted molar refractivity (Wildman–Crippen MR) is 77.3 cm³/mol. The van der Waals surface area contributed by atoms with E-state index >= 15 is 0 Å². The van der Waals surface area contributed by atoms with Gasteiger partial charge in [0.15, 0.2) is 0 Å². The van der Waals surface area contributed by atoms with Crippen molar-refractivity contribution in [3.8, 4) is 0 Å². The molecule has 1 aliphatic rings. The highest BCUT2D eigenvalue weighted by atomic mass is 16.5. The van der Waals surface area contributed by atoms with E-state index in [-0.39, 0.29) is 12.2 Å². The smallest absolute Gasteiger partial charge is 0.0987 e. The van der Waals surface area contributed by atoms with Crippen molar-refractivity contribution in [3.05, 3.63) is 35.4 Å². The molecule has 0 spiro atoms. The van der Waals surface area contributed by atoms with Crippen LogP contribution >= 0.6 is 0 Å². The largest absolute Gasteiger partial charge is 0.377 e. The van der Waals surface area contributed by atoms with Crippen molar-refractivity contribution in [1.82, 2.24) is 5.32 Å². The van der Waals surface area contributed by atoms with E-state index in [0.29, 0.717) is 12.1 Å². The molecule has 0 bridgehead atoms. The molecule has 3 heteroatoms. The molecule has 3 nitrogen and oxygen atoms in total. The number of rotatable bonds is 6. The average molecular weight is 263 g/mol. The second-order valence-electron chi connectivity index (χ2n) is 5.28. The maximum absolute atomic E-state index is 5.66. The molecule has 0 saturated heterocycles. The minimum Gasteiger partial charge on any atom is -0.377 e. The van der Waals surface area contributed by atoms with E-state index in [1.807, 2.05) is 6.92 Å². The summed E-state index contributed by atoms with van der Waals surface area (Å²) < 4.78 is 11.2. The fourth-order valence-electron chi connectivity index (χ4n) is 2.92. The van der Waals surface area contributed by atoms with Gasteiger partial charge in [-0.1, -0.05) is 24.3 Å². The van der Waals surface area contributed by atoms with Gasteiger partial charge < -0.3 is 14.8 Å². The first kappa shape index (κ1) is 14.5. The summed E-state index contributed by atoms with van der Waals surface area (Å²) in [7, 11) is 1.77. The van der Waals surface area contributed by atoms with Gasteiger partial charge in [0.2, 0.25) is 0 Å². The molecular formula is C16H25NO2. The lowest BCUT2D eigenvalue weighted by atomic mass is 9.84. The highest BCUT2D eigenvalue weighted by molar-refractivity contribution is 5.28. The molecule has 1 saturated carbocycles. The van der Waals surface area contributed by atoms with Gasteiger partial charge in [0.1, 0.15) is 0 Å². The van der Waals surface area contributed by atoms with Gasteiger partial charge in [-0.2, -0.15) is 0 Å². The molecule has 0 amide bonds. The molecule has 106 valence electrons. The monoisotopic (exact) mass is 263 g/mol. The Morgan fingerprint density at radius 2 is 2.11 bits per heavy atom. The summed E-state index contributed by atoms with van der Waals surface area (Å²) in [5.74, 6) is 0. The minimum atomic E-state index is 0.173. The van der Waals surface area contributed by atoms with E-state index in [1.54, 1.807) is 7.11 Å². The van der Waals surface area contributed by atoms with E-state index in [2.05, 4.69) is 43.4 Å². The number of ether oxygens (including phenoxy) is 2. The van der Waals surface area contributed by atoms with E-state index in [0.717, 1.165) is 13.0 Å². The van der Waals surface area contributed by atoms with Crippen molar-refractivity contribution in [2.75, 3.05) is 13.7 Å². The molecule has 0 radical (unpaired) electrons. The zero-order valence-corrected chi connectivity index (χ0v) is 12.3. The maximum atomic E-state index is 5.66. The fraction of sp³-hybridized carbons (Fsp3) is 0.625. The molecule has 1 fully saturated rings. The number of nitrogens with one attached hydrogen (secondary N) is 1. The highest BCUT2D eigenvalue weighted by Gasteiger charge is 2.42.